The molecule has 5 atom stereocenters. The molecule has 2 aliphatic rings. The highest BCUT2D eigenvalue weighted by Crippen LogP contribution is 2.42. The second-order valence-electron chi connectivity index (χ2n) is 20.7. The number of anilines is 1. The summed E-state index contributed by atoms with van der Waals surface area (Å²) < 4.78 is 53.2. The van der Waals surface area contributed by atoms with Crippen LogP contribution in [-0.4, -0.2) is 164 Å². The molecule has 21 nitrogen and oxygen atoms in total. The van der Waals surface area contributed by atoms with E-state index in [-0.39, 0.29) is 55.0 Å². The van der Waals surface area contributed by atoms with Crippen molar-refractivity contribution in [2.45, 2.75) is 81.9 Å². The van der Waals surface area contributed by atoms with Gasteiger partial charge in [-0.1, -0.05) is 37.3 Å². The molecule has 2 saturated heterocycles. The number of likely N-dealkylation sites (tertiary alicyclic amines) is 2. The number of halogens is 1. The standard InChI is InChI=1S/C62H80BrN7O14/c1-9-48(44-34-54(78-6)58(80-8)55(35-44)79-7)60(73)70-26-11-10-15-50(70)62(75)84-51(22-16-40-17-23-52(76-4)53(31-40)77-5)43-13-12-14-47(33-43)83-39-56(71)64-24-27-81-29-30-82-28-25-65-59(72)42-20-18-41(19-21-42)45-32-46(38-68(2)37-45)67-49-36-66-69(3)61(74)57(49)63/h12-14,17-21,23,31,33-36,45-46,48,50-51,67H,9-11,15-16,22,24-30,32,37-39H2,1-8H3,(H,64,71)(H,65,72)/t45-,46+,48-,50-,51+/m0/s1. The molecule has 454 valence electrons. The number of hydrogen-bond acceptors (Lipinski definition) is 17. The molecule has 0 aliphatic carbocycles. The molecular formula is C62H80BrN7O14. The topological polar surface area (TPSA) is 229 Å². The van der Waals surface area contributed by atoms with E-state index < -0.39 is 24.0 Å². The quantitative estimate of drug-likeness (QED) is 0.0304. The van der Waals surface area contributed by atoms with Gasteiger partial charge in [0.2, 0.25) is 11.7 Å². The number of likely N-dealkylation sites (N-methyl/N-ethyl adjacent to an activating group) is 1. The Labute approximate surface area is 500 Å². The first-order chi connectivity index (χ1) is 40.7. The molecule has 5 aromatic rings. The van der Waals surface area contributed by atoms with Crippen molar-refractivity contribution in [3.05, 3.63) is 128 Å². The molecule has 0 saturated carbocycles. The first-order valence-electron chi connectivity index (χ1n) is 28.4. The maximum atomic E-state index is 14.5. The lowest BCUT2D eigenvalue weighted by molar-refractivity contribution is -0.162. The van der Waals surface area contributed by atoms with Gasteiger partial charge in [0, 0.05) is 51.4 Å². The van der Waals surface area contributed by atoms with Crippen LogP contribution in [0.4, 0.5) is 5.69 Å². The number of rotatable bonds is 30. The van der Waals surface area contributed by atoms with Crippen LogP contribution in [0.2, 0.25) is 0 Å². The monoisotopic (exact) mass is 1230 g/mol. The molecule has 0 bridgehead atoms. The summed E-state index contributed by atoms with van der Waals surface area (Å²) in [5.74, 6) is 1.23. The number of nitrogens with zero attached hydrogens (tertiary/aromatic N) is 4. The van der Waals surface area contributed by atoms with Crippen LogP contribution in [0.15, 0.2) is 94.3 Å². The Kier molecular flexibility index (Phi) is 24.5. The molecule has 84 heavy (non-hydrogen) atoms. The van der Waals surface area contributed by atoms with Gasteiger partial charge in [-0.3, -0.25) is 19.2 Å². The number of piperidine rings is 2. The molecule has 7 rings (SSSR count). The van der Waals surface area contributed by atoms with Gasteiger partial charge < -0.3 is 68.4 Å². The lowest BCUT2D eigenvalue weighted by Crippen LogP contribution is -2.50. The van der Waals surface area contributed by atoms with Crippen molar-refractivity contribution in [2.75, 3.05) is 114 Å². The van der Waals surface area contributed by atoms with Crippen LogP contribution in [0.3, 0.4) is 0 Å². The van der Waals surface area contributed by atoms with Crippen molar-refractivity contribution < 1.29 is 61.8 Å². The maximum absolute atomic E-state index is 14.5. The fourth-order valence-electron chi connectivity index (χ4n) is 10.7. The summed E-state index contributed by atoms with van der Waals surface area (Å²) in [5.41, 5.74) is 4.42. The molecule has 4 aromatic carbocycles. The summed E-state index contributed by atoms with van der Waals surface area (Å²) in [5, 5.41) is 13.3. The third-order valence-electron chi connectivity index (χ3n) is 15.0. The highest BCUT2D eigenvalue weighted by molar-refractivity contribution is 9.10. The summed E-state index contributed by atoms with van der Waals surface area (Å²) in [7, 11) is 11.4. The van der Waals surface area contributed by atoms with Gasteiger partial charge in [0.05, 0.1) is 79.8 Å². The normalized spacial score (nSPS) is 16.8. The van der Waals surface area contributed by atoms with Crippen LogP contribution in [0, 0.1) is 0 Å². The predicted octanol–water partition coefficient (Wildman–Crippen LogP) is 7.24. The number of carbonyl (C=O) groups is 4. The Balaban J connectivity index is 0.849. The SMILES string of the molecule is CC[C@H](C(=O)N1CCCC[C@H]1C(=O)O[C@H](CCc1ccc(OC)c(OC)c1)c1cccc(OCC(=O)NCCOCCOCCNC(=O)c2ccc([C@H]3C[C@@H](Nc4cnn(C)c(=O)c4Br)CN(C)C3)cc2)c1)c1cc(OC)c(OC)c(OC)c1. The van der Waals surface area contributed by atoms with Crippen molar-refractivity contribution in [3.8, 4) is 34.5 Å². The summed E-state index contributed by atoms with van der Waals surface area (Å²) in [6.45, 7) is 5.44. The number of aryl methyl sites for hydroxylation is 2. The number of hydrogen-bond donors (Lipinski definition) is 3. The highest BCUT2D eigenvalue weighted by atomic mass is 79.9. The number of ether oxygens (including phenoxy) is 9. The number of methoxy groups -OCH3 is 5. The average molecular weight is 1230 g/mol. The molecule has 3 heterocycles. The Morgan fingerprint density at radius 1 is 0.762 bits per heavy atom. The number of amides is 3. The molecule has 3 N–H and O–H groups in total. The smallest absolute Gasteiger partial charge is 0.329 e. The van der Waals surface area contributed by atoms with E-state index in [2.05, 4.69) is 48.9 Å². The van der Waals surface area contributed by atoms with Gasteiger partial charge >= 0.3 is 5.97 Å². The number of aromatic nitrogens is 2. The van der Waals surface area contributed by atoms with Gasteiger partial charge in [0.15, 0.2) is 29.6 Å². The lowest BCUT2D eigenvalue weighted by atomic mass is 9.87. The van der Waals surface area contributed by atoms with Crippen molar-refractivity contribution in [3.63, 3.8) is 0 Å². The summed E-state index contributed by atoms with van der Waals surface area (Å²) in [4.78, 5) is 71.2. The van der Waals surface area contributed by atoms with Gasteiger partial charge in [-0.25, -0.2) is 9.48 Å². The van der Waals surface area contributed by atoms with Crippen LogP contribution in [0.5, 0.6) is 34.5 Å². The molecule has 2 fully saturated rings. The molecule has 2 aliphatic heterocycles. The van der Waals surface area contributed by atoms with Gasteiger partial charge in [-0.05, 0) is 145 Å². The van der Waals surface area contributed by atoms with E-state index in [9.17, 15) is 24.0 Å². The minimum absolute atomic E-state index is 0.0999. The van der Waals surface area contributed by atoms with E-state index >= 15 is 0 Å². The van der Waals surface area contributed by atoms with Crippen LogP contribution < -0.4 is 49.9 Å². The minimum atomic E-state index is -0.820. The first kappa shape index (κ1) is 64.2. The largest absolute Gasteiger partial charge is 0.493 e. The zero-order valence-electron chi connectivity index (χ0n) is 49.4. The van der Waals surface area contributed by atoms with E-state index in [1.54, 1.807) is 62.7 Å². The van der Waals surface area contributed by atoms with Crippen LogP contribution in [0.25, 0.3) is 0 Å². The van der Waals surface area contributed by atoms with Gasteiger partial charge in [-0.15, -0.1) is 0 Å². The fourth-order valence-corrected chi connectivity index (χ4v) is 11.1. The lowest BCUT2D eigenvalue weighted by Gasteiger charge is -2.37. The summed E-state index contributed by atoms with van der Waals surface area (Å²) in [6, 6.07) is 23.3. The molecule has 0 spiro atoms. The fraction of sp³-hybridized carbons (Fsp3) is 0.484. The minimum Gasteiger partial charge on any atom is -0.493 e. The molecule has 22 heteroatoms. The number of benzene rings is 4. The summed E-state index contributed by atoms with van der Waals surface area (Å²) in [6.07, 6.45) is 5.02. The van der Waals surface area contributed by atoms with E-state index in [1.165, 1.54) is 26.0 Å². The van der Waals surface area contributed by atoms with Gasteiger partial charge in [0.1, 0.15) is 22.4 Å². The maximum Gasteiger partial charge on any atom is 0.329 e. The third-order valence-corrected chi connectivity index (χ3v) is 15.8. The van der Waals surface area contributed by atoms with Crippen molar-refractivity contribution >= 4 is 45.3 Å². The van der Waals surface area contributed by atoms with Crippen LogP contribution in [0.1, 0.15) is 96.0 Å². The van der Waals surface area contributed by atoms with Crippen molar-refractivity contribution in [2.24, 2.45) is 7.05 Å². The molecular weight excluding hydrogens is 1150 g/mol. The first-order valence-corrected chi connectivity index (χ1v) is 29.2. The van der Waals surface area contributed by atoms with Gasteiger partial charge in [0.25, 0.3) is 17.4 Å². The van der Waals surface area contributed by atoms with Crippen LogP contribution >= 0.6 is 15.9 Å². The Morgan fingerprint density at radius 2 is 1.46 bits per heavy atom. The third kappa shape index (κ3) is 17.4. The van der Waals surface area contributed by atoms with E-state index in [0.29, 0.717) is 120 Å². The number of esters is 1. The van der Waals surface area contributed by atoms with Crippen LogP contribution in [-0.2, 0) is 42.1 Å². The van der Waals surface area contributed by atoms with E-state index in [0.717, 1.165) is 43.5 Å². The summed E-state index contributed by atoms with van der Waals surface area (Å²) >= 11 is 3.41. The van der Waals surface area contributed by atoms with E-state index in [4.69, 9.17) is 42.6 Å². The van der Waals surface area contributed by atoms with Crippen molar-refractivity contribution in [1.82, 2.24) is 30.2 Å². The zero-order valence-corrected chi connectivity index (χ0v) is 51.0. The Hall–Kier alpha value is -7.40. The second kappa shape index (κ2) is 32.0. The molecule has 1 aromatic heterocycles. The predicted molar refractivity (Wildman–Crippen MR) is 320 cm³/mol. The molecule has 0 unspecified atom stereocenters. The number of carbonyl (C=O) groups excluding carboxylic acids is 4. The molecule has 3 amide bonds. The average Bonchev–Trinajstić information content (AvgIpc) is 3.61. The second-order valence-corrected chi connectivity index (χ2v) is 21.5. The zero-order chi connectivity index (χ0) is 60.1. The Morgan fingerprint density at radius 3 is 2.14 bits per heavy atom. The van der Waals surface area contributed by atoms with Crippen molar-refractivity contribution in [1.29, 1.82) is 0 Å². The highest BCUT2D eigenvalue weighted by Gasteiger charge is 2.38. The molecule has 0 radical (unpaired) electrons. The van der Waals surface area contributed by atoms with E-state index in [1.807, 2.05) is 55.5 Å². The Bertz CT molecular complexity index is 3030. The number of nitrogens with one attached hydrogen (secondary N) is 3. The van der Waals surface area contributed by atoms with Gasteiger partial charge in [-0.2, -0.15) is 5.10 Å².